The fourth-order valence-electron chi connectivity index (χ4n) is 3.11. The van der Waals surface area contributed by atoms with Crippen LogP contribution >= 0.6 is 22.9 Å². The average Bonchev–Trinajstić information content (AvgIpc) is 3.47. The number of aromatic amines is 1. The Labute approximate surface area is 180 Å². The number of nitrogens with zero attached hydrogens (tertiary/aromatic N) is 4. The van der Waals surface area contributed by atoms with E-state index in [0.717, 1.165) is 27.2 Å². The molecule has 2 aromatic carbocycles. The fraction of sp³-hybridized carbons (Fsp3) is 0.0476. The highest BCUT2D eigenvalue weighted by Crippen LogP contribution is 2.28. The molecule has 9 heteroatoms. The van der Waals surface area contributed by atoms with Crippen molar-refractivity contribution in [3.8, 4) is 22.0 Å². The first-order valence-corrected chi connectivity index (χ1v) is 10.3. The van der Waals surface area contributed by atoms with Crippen LogP contribution < -0.4 is 5.32 Å². The number of aromatic nitrogens is 5. The Hall–Kier alpha value is -3.49. The number of halogens is 1. The third-order valence-electron chi connectivity index (χ3n) is 4.56. The van der Waals surface area contributed by atoms with Gasteiger partial charge in [-0.3, -0.25) is 9.48 Å². The maximum atomic E-state index is 12.6. The summed E-state index contributed by atoms with van der Waals surface area (Å²) in [7, 11) is 1.84. The molecule has 0 saturated heterocycles. The fourth-order valence-corrected chi connectivity index (χ4v) is 4.11. The molecule has 1 amide bonds. The molecule has 3 aromatic heterocycles. The van der Waals surface area contributed by atoms with Gasteiger partial charge in [0, 0.05) is 35.4 Å². The highest BCUT2D eigenvalue weighted by atomic mass is 35.5. The van der Waals surface area contributed by atoms with E-state index in [1.165, 1.54) is 11.3 Å². The lowest BCUT2D eigenvalue weighted by Gasteiger charge is -2.02. The van der Waals surface area contributed by atoms with Crippen molar-refractivity contribution in [2.75, 3.05) is 5.32 Å². The van der Waals surface area contributed by atoms with Gasteiger partial charge in [-0.25, -0.2) is 9.97 Å². The second-order valence-electron chi connectivity index (χ2n) is 6.69. The zero-order valence-corrected chi connectivity index (χ0v) is 17.3. The van der Waals surface area contributed by atoms with E-state index in [0.29, 0.717) is 22.2 Å². The molecular weight excluding hydrogens is 420 g/mol. The molecule has 7 nitrogen and oxygen atoms in total. The monoisotopic (exact) mass is 434 g/mol. The molecule has 30 heavy (non-hydrogen) atoms. The van der Waals surface area contributed by atoms with E-state index in [2.05, 4.69) is 25.4 Å². The number of anilines is 1. The summed E-state index contributed by atoms with van der Waals surface area (Å²) in [5.41, 5.74) is 4.31. The average molecular weight is 435 g/mol. The summed E-state index contributed by atoms with van der Waals surface area (Å²) in [6, 6.07) is 13.0. The zero-order valence-electron chi connectivity index (χ0n) is 15.8. The molecule has 3 heterocycles. The highest BCUT2D eigenvalue weighted by Gasteiger charge is 2.14. The van der Waals surface area contributed by atoms with Gasteiger partial charge in [-0.05, 0) is 30.3 Å². The molecule has 5 rings (SSSR count). The van der Waals surface area contributed by atoms with Gasteiger partial charge in [-0.1, -0.05) is 23.7 Å². The molecule has 0 aliphatic rings. The summed E-state index contributed by atoms with van der Waals surface area (Å²) in [6.45, 7) is 0. The Kier molecular flexibility index (Phi) is 4.57. The van der Waals surface area contributed by atoms with Crippen molar-refractivity contribution < 1.29 is 4.79 Å². The number of rotatable bonds is 4. The first-order chi connectivity index (χ1) is 14.6. The van der Waals surface area contributed by atoms with E-state index < -0.39 is 0 Å². The van der Waals surface area contributed by atoms with Crippen LogP contribution in [0, 0.1) is 0 Å². The third-order valence-corrected chi connectivity index (χ3v) is 5.78. The molecule has 0 spiro atoms. The predicted octanol–water partition coefficient (Wildman–Crippen LogP) is 4.99. The second-order valence-corrected chi connectivity index (χ2v) is 7.96. The smallest absolute Gasteiger partial charge is 0.275 e. The molecule has 0 atom stereocenters. The van der Waals surface area contributed by atoms with Crippen LogP contribution in [0.5, 0.6) is 0 Å². The maximum absolute atomic E-state index is 12.6. The predicted molar refractivity (Wildman–Crippen MR) is 119 cm³/mol. The summed E-state index contributed by atoms with van der Waals surface area (Å²) in [5.74, 6) is 0.409. The number of H-pyrrole nitrogens is 1. The molecule has 0 aliphatic carbocycles. The van der Waals surface area contributed by atoms with Crippen LogP contribution in [0.4, 0.5) is 5.69 Å². The largest absolute Gasteiger partial charge is 0.338 e. The minimum atomic E-state index is -0.272. The molecule has 0 radical (unpaired) electrons. The van der Waals surface area contributed by atoms with Gasteiger partial charge < -0.3 is 10.3 Å². The second kappa shape index (κ2) is 7.40. The van der Waals surface area contributed by atoms with Gasteiger partial charge in [-0.15, -0.1) is 11.3 Å². The minimum Gasteiger partial charge on any atom is -0.338 e. The lowest BCUT2D eigenvalue weighted by Crippen LogP contribution is -2.12. The number of nitrogens with one attached hydrogen (secondary N) is 2. The summed E-state index contributed by atoms with van der Waals surface area (Å²) in [5, 5.41) is 10.1. The molecule has 2 N–H and O–H groups in total. The molecule has 5 aromatic rings. The van der Waals surface area contributed by atoms with Crippen molar-refractivity contribution in [3.05, 3.63) is 71.0 Å². The number of hydrogen-bond donors (Lipinski definition) is 2. The summed E-state index contributed by atoms with van der Waals surface area (Å²) >= 11 is 7.68. The van der Waals surface area contributed by atoms with E-state index in [9.17, 15) is 4.79 Å². The van der Waals surface area contributed by atoms with Crippen LogP contribution in [-0.4, -0.2) is 30.6 Å². The Morgan fingerprint density at radius 1 is 1.20 bits per heavy atom. The van der Waals surface area contributed by atoms with Gasteiger partial charge in [0.25, 0.3) is 5.91 Å². The SMILES string of the molecule is Cn1cc(-c2nc(C(=O)Nc3ccc4nc(-c5ccccc5Cl)[nH]c4c3)cs2)cn1. The van der Waals surface area contributed by atoms with Crippen LogP contribution in [0.1, 0.15) is 10.5 Å². The number of imidazole rings is 1. The Bertz CT molecular complexity index is 1390. The van der Waals surface area contributed by atoms with E-state index in [-0.39, 0.29) is 5.91 Å². The van der Waals surface area contributed by atoms with Gasteiger partial charge in [-0.2, -0.15) is 5.10 Å². The van der Waals surface area contributed by atoms with Gasteiger partial charge in [0.15, 0.2) is 0 Å². The number of amides is 1. The van der Waals surface area contributed by atoms with Crippen molar-refractivity contribution in [2.24, 2.45) is 7.05 Å². The van der Waals surface area contributed by atoms with Crippen LogP contribution in [-0.2, 0) is 7.05 Å². The lowest BCUT2D eigenvalue weighted by atomic mass is 10.2. The number of thiazole rings is 1. The van der Waals surface area contributed by atoms with E-state index in [4.69, 9.17) is 11.6 Å². The Morgan fingerprint density at radius 2 is 2.07 bits per heavy atom. The van der Waals surface area contributed by atoms with E-state index in [1.807, 2.05) is 55.7 Å². The first-order valence-electron chi connectivity index (χ1n) is 9.07. The molecule has 0 unspecified atom stereocenters. The van der Waals surface area contributed by atoms with Crippen molar-refractivity contribution in [2.45, 2.75) is 0 Å². The normalized spacial score (nSPS) is 11.1. The van der Waals surface area contributed by atoms with Gasteiger partial charge in [0.05, 0.1) is 22.3 Å². The lowest BCUT2D eigenvalue weighted by molar-refractivity contribution is 0.102. The number of carbonyl (C=O) groups excluding carboxylic acids is 1. The molecule has 0 bridgehead atoms. The quantitative estimate of drug-likeness (QED) is 0.417. The molecular formula is C21H15ClN6OS. The number of carbonyl (C=O) groups is 1. The van der Waals surface area contributed by atoms with E-state index in [1.54, 1.807) is 16.3 Å². The van der Waals surface area contributed by atoms with Crippen LogP contribution in [0.3, 0.4) is 0 Å². The van der Waals surface area contributed by atoms with E-state index >= 15 is 0 Å². The minimum absolute atomic E-state index is 0.272. The molecule has 148 valence electrons. The zero-order chi connectivity index (χ0) is 20.7. The summed E-state index contributed by atoms with van der Waals surface area (Å²) in [4.78, 5) is 24.9. The topological polar surface area (TPSA) is 88.5 Å². The van der Waals surface area contributed by atoms with Gasteiger partial charge in [0.1, 0.15) is 16.5 Å². The molecule has 0 aliphatic heterocycles. The van der Waals surface area contributed by atoms with Crippen molar-refractivity contribution >= 4 is 45.6 Å². The van der Waals surface area contributed by atoms with Gasteiger partial charge in [0.2, 0.25) is 0 Å². The number of hydrogen-bond acceptors (Lipinski definition) is 5. The maximum Gasteiger partial charge on any atom is 0.275 e. The first kappa shape index (κ1) is 18.5. The molecule has 0 saturated carbocycles. The summed E-state index contributed by atoms with van der Waals surface area (Å²) < 4.78 is 1.70. The number of fused-ring (bicyclic) bond motifs is 1. The third kappa shape index (κ3) is 3.47. The number of aryl methyl sites for hydroxylation is 1. The summed E-state index contributed by atoms with van der Waals surface area (Å²) in [6.07, 6.45) is 3.59. The van der Waals surface area contributed by atoms with Crippen molar-refractivity contribution in [1.29, 1.82) is 0 Å². The Balaban J connectivity index is 1.38. The van der Waals surface area contributed by atoms with Crippen LogP contribution in [0.15, 0.2) is 60.2 Å². The van der Waals surface area contributed by atoms with Crippen LogP contribution in [0.25, 0.3) is 33.0 Å². The number of benzene rings is 2. The van der Waals surface area contributed by atoms with Crippen molar-refractivity contribution in [1.82, 2.24) is 24.7 Å². The molecule has 0 fully saturated rings. The highest BCUT2D eigenvalue weighted by molar-refractivity contribution is 7.13. The Morgan fingerprint density at radius 3 is 2.87 bits per heavy atom. The van der Waals surface area contributed by atoms with Crippen LogP contribution in [0.2, 0.25) is 5.02 Å². The standard InChI is InChI=1S/C21H15ClN6OS/c1-28-10-12(9-23-28)21-27-18(11-30-21)20(29)24-13-6-7-16-17(8-13)26-19(25-16)14-4-2-3-5-15(14)22/h2-11H,1H3,(H,24,29)(H,25,26). The van der Waals surface area contributed by atoms with Crippen molar-refractivity contribution in [3.63, 3.8) is 0 Å². The van der Waals surface area contributed by atoms with Gasteiger partial charge >= 0.3 is 0 Å².